The lowest BCUT2D eigenvalue weighted by molar-refractivity contribution is 0.0697. The van der Waals surface area contributed by atoms with Crippen molar-refractivity contribution in [3.8, 4) is 5.75 Å². The molecule has 7 heteroatoms. The van der Waals surface area contributed by atoms with E-state index in [1.165, 1.54) is 42.5 Å². The number of hydrogen-bond donors (Lipinski definition) is 3. The van der Waals surface area contributed by atoms with Crippen LogP contribution in [0.4, 0.5) is 5.69 Å². The van der Waals surface area contributed by atoms with Crippen molar-refractivity contribution < 1.29 is 23.4 Å². The molecule has 0 bridgehead atoms. The Morgan fingerprint density at radius 2 is 1.68 bits per heavy atom. The molecule has 0 amide bonds. The van der Waals surface area contributed by atoms with Crippen molar-refractivity contribution >= 4 is 32.5 Å². The number of aromatic hydroxyl groups is 1. The van der Waals surface area contributed by atoms with Crippen molar-refractivity contribution in [1.82, 2.24) is 0 Å². The minimum atomic E-state index is -3.82. The van der Waals surface area contributed by atoms with Crippen molar-refractivity contribution in [3.63, 3.8) is 0 Å². The number of carbonyl (C=O) groups is 1. The van der Waals surface area contributed by atoms with Gasteiger partial charge in [-0.3, -0.25) is 4.72 Å². The van der Waals surface area contributed by atoms with Gasteiger partial charge in [0.05, 0.1) is 10.5 Å². The van der Waals surface area contributed by atoms with Crippen LogP contribution in [0.25, 0.3) is 10.8 Å². The second kappa shape index (κ2) is 6.10. The third kappa shape index (κ3) is 3.27. The van der Waals surface area contributed by atoms with E-state index < -0.39 is 16.0 Å². The predicted octanol–water partition coefficient (Wildman–Crippen LogP) is 3.35. The Morgan fingerprint density at radius 3 is 2.32 bits per heavy atom. The Hall–Kier alpha value is -3.06. The van der Waals surface area contributed by atoms with Crippen molar-refractivity contribution in [2.24, 2.45) is 0 Å². The number of aromatic carboxylic acids is 1. The Labute approximate surface area is 144 Å². The lowest BCUT2D eigenvalue weighted by atomic mass is 10.1. The summed E-state index contributed by atoms with van der Waals surface area (Å²) in [6.07, 6.45) is 0. The van der Waals surface area contributed by atoms with Crippen LogP contribution in [0.5, 0.6) is 5.75 Å². The molecular formula is C18H15NO5S. The predicted molar refractivity (Wildman–Crippen MR) is 94.6 cm³/mol. The van der Waals surface area contributed by atoms with Crippen LogP contribution in [-0.4, -0.2) is 24.6 Å². The van der Waals surface area contributed by atoms with Crippen molar-refractivity contribution in [1.29, 1.82) is 0 Å². The van der Waals surface area contributed by atoms with E-state index in [-0.39, 0.29) is 21.9 Å². The van der Waals surface area contributed by atoms with Gasteiger partial charge in [0, 0.05) is 5.69 Å². The summed E-state index contributed by atoms with van der Waals surface area (Å²) in [5, 5.41) is 20.1. The fraction of sp³-hybridized carbons (Fsp3) is 0.0556. The molecule has 0 fully saturated rings. The molecule has 0 aliphatic heterocycles. The topological polar surface area (TPSA) is 104 Å². The van der Waals surface area contributed by atoms with Crippen LogP contribution in [0.1, 0.15) is 15.9 Å². The van der Waals surface area contributed by atoms with Crippen LogP contribution < -0.4 is 4.72 Å². The number of carboxylic acids is 1. The van der Waals surface area contributed by atoms with Gasteiger partial charge < -0.3 is 10.2 Å². The molecule has 0 saturated heterocycles. The molecule has 0 radical (unpaired) electrons. The number of rotatable bonds is 4. The average molecular weight is 357 g/mol. The number of sulfonamides is 1. The highest BCUT2D eigenvalue weighted by Crippen LogP contribution is 2.28. The number of fused-ring (bicyclic) bond motifs is 1. The summed E-state index contributed by atoms with van der Waals surface area (Å²) in [4.78, 5) is 10.9. The molecule has 3 rings (SSSR count). The van der Waals surface area contributed by atoms with Gasteiger partial charge in [-0.2, -0.15) is 0 Å². The zero-order valence-electron chi connectivity index (χ0n) is 13.2. The molecular weight excluding hydrogens is 342 g/mol. The first-order valence-corrected chi connectivity index (χ1v) is 8.85. The molecule has 3 aromatic rings. The maximum atomic E-state index is 12.5. The van der Waals surface area contributed by atoms with E-state index in [1.807, 2.05) is 0 Å². The van der Waals surface area contributed by atoms with Crippen molar-refractivity contribution in [2.45, 2.75) is 11.8 Å². The van der Waals surface area contributed by atoms with E-state index in [2.05, 4.69) is 4.72 Å². The number of phenolic OH excluding ortho intramolecular Hbond substituents is 1. The first-order chi connectivity index (χ1) is 11.8. The first-order valence-electron chi connectivity index (χ1n) is 7.36. The fourth-order valence-electron chi connectivity index (χ4n) is 2.51. The fourth-order valence-corrected chi connectivity index (χ4v) is 3.61. The molecule has 25 heavy (non-hydrogen) atoms. The SMILES string of the molecule is Cc1c(O)ccc2cc(S(=O)(=O)Nc3ccc(C(=O)O)cc3)ccc12. The molecule has 0 aliphatic rings. The highest BCUT2D eigenvalue weighted by molar-refractivity contribution is 7.92. The molecule has 0 saturated carbocycles. The Kier molecular flexibility index (Phi) is 4.10. The first kappa shape index (κ1) is 16.8. The third-order valence-electron chi connectivity index (χ3n) is 3.93. The molecule has 6 nitrogen and oxygen atoms in total. The van der Waals surface area contributed by atoms with Crippen LogP contribution in [0.15, 0.2) is 59.5 Å². The molecule has 0 aliphatic carbocycles. The van der Waals surface area contributed by atoms with Crippen molar-refractivity contribution in [2.75, 3.05) is 4.72 Å². The molecule has 0 aromatic heterocycles. The molecule has 0 heterocycles. The second-order valence-electron chi connectivity index (χ2n) is 5.58. The van der Waals surface area contributed by atoms with E-state index in [0.717, 1.165) is 5.39 Å². The number of nitrogens with one attached hydrogen (secondary N) is 1. The molecule has 128 valence electrons. The smallest absolute Gasteiger partial charge is 0.335 e. The van der Waals surface area contributed by atoms with Gasteiger partial charge >= 0.3 is 5.97 Å². The monoisotopic (exact) mass is 357 g/mol. The summed E-state index contributed by atoms with van der Waals surface area (Å²) in [6, 6.07) is 13.2. The number of aryl methyl sites for hydroxylation is 1. The van der Waals surface area contributed by atoms with Gasteiger partial charge in [-0.15, -0.1) is 0 Å². The van der Waals surface area contributed by atoms with Crippen LogP contribution in [0, 0.1) is 6.92 Å². The van der Waals surface area contributed by atoms with E-state index in [1.54, 1.807) is 19.1 Å². The van der Waals surface area contributed by atoms with E-state index in [9.17, 15) is 18.3 Å². The average Bonchev–Trinajstić information content (AvgIpc) is 2.58. The Morgan fingerprint density at radius 1 is 1.00 bits per heavy atom. The van der Waals surface area contributed by atoms with Gasteiger partial charge in [0.25, 0.3) is 10.0 Å². The molecule has 0 spiro atoms. The standard InChI is InChI=1S/C18H15NO5S/c1-11-16-8-7-15(10-13(16)4-9-17(11)20)25(23,24)19-14-5-2-12(3-6-14)18(21)22/h2-10,19-20H,1H3,(H,21,22). The van der Waals surface area contributed by atoms with Gasteiger partial charge in [0.1, 0.15) is 5.75 Å². The van der Waals surface area contributed by atoms with Gasteiger partial charge in [-0.25, -0.2) is 13.2 Å². The highest BCUT2D eigenvalue weighted by atomic mass is 32.2. The summed E-state index contributed by atoms with van der Waals surface area (Å²) in [6.45, 7) is 1.76. The van der Waals surface area contributed by atoms with Gasteiger partial charge in [0.15, 0.2) is 0 Å². The van der Waals surface area contributed by atoms with Crippen LogP contribution >= 0.6 is 0 Å². The zero-order chi connectivity index (χ0) is 18.2. The van der Waals surface area contributed by atoms with E-state index >= 15 is 0 Å². The summed E-state index contributed by atoms with van der Waals surface area (Å²) in [5.74, 6) is -0.928. The minimum absolute atomic E-state index is 0.0731. The van der Waals surface area contributed by atoms with E-state index in [4.69, 9.17) is 5.11 Å². The summed E-state index contributed by atoms with van der Waals surface area (Å²) >= 11 is 0. The Balaban J connectivity index is 1.95. The number of phenols is 1. The van der Waals surface area contributed by atoms with Crippen molar-refractivity contribution in [3.05, 3.63) is 65.7 Å². The molecule has 0 atom stereocenters. The zero-order valence-corrected chi connectivity index (χ0v) is 14.0. The van der Waals surface area contributed by atoms with Gasteiger partial charge in [-0.05, 0) is 65.7 Å². The number of carboxylic acid groups (broad SMARTS) is 1. The maximum Gasteiger partial charge on any atom is 0.335 e. The lowest BCUT2D eigenvalue weighted by Crippen LogP contribution is -2.13. The summed E-state index contributed by atoms with van der Waals surface area (Å²) < 4.78 is 27.5. The lowest BCUT2D eigenvalue weighted by Gasteiger charge is -2.10. The second-order valence-corrected chi connectivity index (χ2v) is 7.26. The Bertz CT molecular complexity index is 1070. The van der Waals surface area contributed by atoms with Crippen LogP contribution in [-0.2, 0) is 10.0 Å². The third-order valence-corrected chi connectivity index (χ3v) is 5.31. The summed E-state index contributed by atoms with van der Waals surface area (Å²) in [7, 11) is -3.82. The number of hydrogen-bond acceptors (Lipinski definition) is 4. The minimum Gasteiger partial charge on any atom is -0.508 e. The normalized spacial score (nSPS) is 11.4. The number of benzene rings is 3. The largest absolute Gasteiger partial charge is 0.508 e. The van der Waals surface area contributed by atoms with Crippen LogP contribution in [0.3, 0.4) is 0 Å². The van der Waals surface area contributed by atoms with Gasteiger partial charge in [-0.1, -0.05) is 12.1 Å². The number of anilines is 1. The maximum absolute atomic E-state index is 12.5. The quantitative estimate of drug-likeness (QED) is 0.664. The highest BCUT2D eigenvalue weighted by Gasteiger charge is 2.16. The molecule has 0 unspecified atom stereocenters. The molecule has 3 aromatic carbocycles. The van der Waals surface area contributed by atoms with E-state index in [0.29, 0.717) is 10.9 Å². The molecule has 3 N–H and O–H groups in total. The van der Waals surface area contributed by atoms with Crippen LogP contribution in [0.2, 0.25) is 0 Å². The summed E-state index contributed by atoms with van der Waals surface area (Å²) in [5.41, 5.74) is 1.02. The van der Waals surface area contributed by atoms with Gasteiger partial charge in [0.2, 0.25) is 0 Å².